The van der Waals surface area contributed by atoms with Crippen LogP contribution in [0.15, 0.2) is 0 Å². The van der Waals surface area contributed by atoms with Gasteiger partial charge in [0.2, 0.25) is 0 Å². The van der Waals surface area contributed by atoms with Crippen molar-refractivity contribution in [1.29, 1.82) is 0 Å². The third-order valence-electron chi connectivity index (χ3n) is 2.77. The SMILES string of the molecule is CC(C)CCN(C)C(=O)N[C@@H](C(=O)O)C(C)(C)C. The molecule has 0 aliphatic rings. The van der Waals surface area contributed by atoms with E-state index in [1.54, 1.807) is 27.8 Å². The van der Waals surface area contributed by atoms with E-state index in [0.29, 0.717) is 12.5 Å². The highest BCUT2D eigenvalue weighted by Crippen LogP contribution is 2.19. The summed E-state index contributed by atoms with van der Waals surface area (Å²) in [6.07, 6.45) is 0.900. The third-order valence-corrected chi connectivity index (χ3v) is 2.77. The molecule has 0 saturated heterocycles. The van der Waals surface area contributed by atoms with E-state index in [1.807, 2.05) is 0 Å². The van der Waals surface area contributed by atoms with Crippen LogP contribution in [0.3, 0.4) is 0 Å². The number of carboxylic acids is 1. The molecule has 5 nitrogen and oxygen atoms in total. The van der Waals surface area contributed by atoms with Gasteiger partial charge in [-0.3, -0.25) is 0 Å². The number of nitrogens with one attached hydrogen (secondary N) is 1. The number of hydrogen-bond acceptors (Lipinski definition) is 2. The lowest BCUT2D eigenvalue weighted by Gasteiger charge is -2.30. The van der Waals surface area contributed by atoms with Crippen LogP contribution in [0, 0.1) is 11.3 Å². The monoisotopic (exact) mass is 258 g/mol. The lowest BCUT2D eigenvalue weighted by molar-refractivity contribution is -0.142. The molecule has 0 aromatic heterocycles. The van der Waals surface area contributed by atoms with E-state index in [0.717, 1.165) is 6.42 Å². The molecule has 0 fully saturated rings. The molecule has 0 spiro atoms. The van der Waals surface area contributed by atoms with Crippen molar-refractivity contribution >= 4 is 12.0 Å². The molecule has 1 atom stereocenters. The van der Waals surface area contributed by atoms with Gasteiger partial charge in [-0.05, 0) is 17.8 Å². The van der Waals surface area contributed by atoms with Gasteiger partial charge < -0.3 is 15.3 Å². The second kappa shape index (κ2) is 6.61. The number of aliphatic carboxylic acids is 1. The molecule has 0 heterocycles. The van der Waals surface area contributed by atoms with Crippen LogP contribution in [0.5, 0.6) is 0 Å². The molecule has 0 aliphatic heterocycles. The number of rotatable bonds is 5. The van der Waals surface area contributed by atoms with E-state index in [4.69, 9.17) is 5.11 Å². The first-order chi connectivity index (χ1) is 8.05. The van der Waals surface area contributed by atoms with Crippen molar-refractivity contribution in [3.8, 4) is 0 Å². The van der Waals surface area contributed by atoms with Crippen LogP contribution in [0.2, 0.25) is 0 Å². The van der Waals surface area contributed by atoms with Crippen molar-refractivity contribution in [2.24, 2.45) is 11.3 Å². The Kier molecular flexibility index (Phi) is 6.15. The Morgan fingerprint density at radius 3 is 2.11 bits per heavy atom. The van der Waals surface area contributed by atoms with Gasteiger partial charge in [-0.2, -0.15) is 0 Å². The zero-order chi connectivity index (χ0) is 14.5. The minimum Gasteiger partial charge on any atom is -0.480 e. The summed E-state index contributed by atoms with van der Waals surface area (Å²) in [6, 6.07) is -1.22. The van der Waals surface area contributed by atoms with Crippen LogP contribution in [0.4, 0.5) is 4.79 Å². The van der Waals surface area contributed by atoms with Crippen LogP contribution < -0.4 is 5.32 Å². The van der Waals surface area contributed by atoms with E-state index < -0.39 is 17.4 Å². The Morgan fingerprint density at radius 1 is 1.28 bits per heavy atom. The molecule has 0 unspecified atom stereocenters. The molecule has 0 saturated carbocycles. The fourth-order valence-corrected chi connectivity index (χ4v) is 1.44. The summed E-state index contributed by atoms with van der Waals surface area (Å²) in [7, 11) is 1.68. The lowest BCUT2D eigenvalue weighted by Crippen LogP contribution is -2.52. The van der Waals surface area contributed by atoms with Gasteiger partial charge in [-0.25, -0.2) is 9.59 Å². The molecule has 0 rings (SSSR count). The van der Waals surface area contributed by atoms with E-state index >= 15 is 0 Å². The van der Waals surface area contributed by atoms with Gasteiger partial charge in [-0.15, -0.1) is 0 Å². The van der Waals surface area contributed by atoms with Gasteiger partial charge in [0.15, 0.2) is 0 Å². The second-order valence-electron chi connectivity index (χ2n) is 6.19. The maximum atomic E-state index is 11.9. The Balaban J connectivity index is 4.47. The predicted molar refractivity (Wildman–Crippen MR) is 71.5 cm³/mol. The number of hydrogen-bond donors (Lipinski definition) is 2. The molecule has 0 aromatic carbocycles. The summed E-state index contributed by atoms with van der Waals surface area (Å²) < 4.78 is 0. The summed E-state index contributed by atoms with van der Waals surface area (Å²) in [6.45, 7) is 10.2. The van der Waals surface area contributed by atoms with Crippen LogP contribution in [0.25, 0.3) is 0 Å². The number of urea groups is 1. The van der Waals surface area contributed by atoms with Crippen molar-refractivity contribution in [3.05, 3.63) is 0 Å². The van der Waals surface area contributed by atoms with Crippen molar-refractivity contribution in [2.45, 2.75) is 47.1 Å². The van der Waals surface area contributed by atoms with E-state index in [9.17, 15) is 9.59 Å². The zero-order valence-corrected chi connectivity index (χ0v) is 12.3. The summed E-state index contributed by atoms with van der Waals surface area (Å²) in [5, 5.41) is 11.7. The molecular formula is C13H26N2O3. The first-order valence-electron chi connectivity index (χ1n) is 6.30. The van der Waals surface area contributed by atoms with Crippen molar-refractivity contribution in [2.75, 3.05) is 13.6 Å². The molecular weight excluding hydrogens is 232 g/mol. The van der Waals surface area contributed by atoms with Crippen LogP contribution in [-0.2, 0) is 4.79 Å². The summed E-state index contributed by atoms with van der Waals surface area (Å²) in [4.78, 5) is 24.5. The van der Waals surface area contributed by atoms with Crippen LogP contribution in [-0.4, -0.2) is 41.6 Å². The van der Waals surface area contributed by atoms with Gasteiger partial charge >= 0.3 is 12.0 Å². The van der Waals surface area contributed by atoms with Gasteiger partial charge in [0.05, 0.1) is 0 Å². The Bertz CT molecular complexity index is 295. The number of carbonyl (C=O) groups is 2. The maximum Gasteiger partial charge on any atom is 0.326 e. The van der Waals surface area contributed by atoms with E-state index in [2.05, 4.69) is 19.2 Å². The first kappa shape index (κ1) is 16.7. The fourth-order valence-electron chi connectivity index (χ4n) is 1.44. The Hall–Kier alpha value is -1.26. The first-order valence-corrected chi connectivity index (χ1v) is 6.30. The van der Waals surface area contributed by atoms with Crippen molar-refractivity contribution in [1.82, 2.24) is 10.2 Å². The highest BCUT2D eigenvalue weighted by atomic mass is 16.4. The molecule has 0 bridgehead atoms. The lowest BCUT2D eigenvalue weighted by atomic mass is 9.87. The quantitative estimate of drug-likeness (QED) is 0.794. The maximum absolute atomic E-state index is 11.9. The molecule has 0 radical (unpaired) electrons. The zero-order valence-electron chi connectivity index (χ0n) is 12.3. The van der Waals surface area contributed by atoms with Gasteiger partial charge in [-0.1, -0.05) is 34.6 Å². The smallest absolute Gasteiger partial charge is 0.326 e. The Labute approximate surface area is 110 Å². The summed E-state index contributed by atoms with van der Waals surface area (Å²) in [5.41, 5.74) is -0.514. The second-order valence-corrected chi connectivity index (χ2v) is 6.19. The Morgan fingerprint density at radius 2 is 1.78 bits per heavy atom. The third kappa shape index (κ3) is 5.89. The van der Waals surface area contributed by atoms with Crippen molar-refractivity contribution < 1.29 is 14.7 Å². The van der Waals surface area contributed by atoms with Crippen LogP contribution >= 0.6 is 0 Å². The predicted octanol–water partition coefficient (Wildman–Crippen LogP) is 2.17. The van der Waals surface area contributed by atoms with Crippen molar-refractivity contribution in [3.63, 3.8) is 0 Å². The highest BCUT2D eigenvalue weighted by molar-refractivity contribution is 5.83. The number of carbonyl (C=O) groups excluding carboxylic acids is 1. The standard InChI is InChI=1S/C13H26N2O3/c1-9(2)7-8-15(6)12(18)14-10(11(16)17)13(3,4)5/h9-10H,7-8H2,1-6H3,(H,14,18)(H,16,17)/t10-/m0/s1. The number of carboxylic acid groups (broad SMARTS) is 1. The number of amides is 2. The largest absolute Gasteiger partial charge is 0.480 e. The minimum atomic E-state index is -1.01. The summed E-state index contributed by atoms with van der Waals surface area (Å²) in [5.74, 6) is -0.494. The molecule has 0 aliphatic carbocycles. The average Bonchev–Trinajstić information content (AvgIpc) is 2.19. The van der Waals surface area contributed by atoms with Gasteiger partial charge in [0.25, 0.3) is 0 Å². The topological polar surface area (TPSA) is 69.6 Å². The van der Waals surface area contributed by atoms with E-state index in [1.165, 1.54) is 4.90 Å². The molecule has 2 amide bonds. The van der Waals surface area contributed by atoms with Gasteiger partial charge in [0, 0.05) is 13.6 Å². The number of nitrogens with zero attached hydrogens (tertiary/aromatic N) is 1. The van der Waals surface area contributed by atoms with Gasteiger partial charge in [0.1, 0.15) is 6.04 Å². The molecule has 0 aromatic rings. The molecule has 2 N–H and O–H groups in total. The highest BCUT2D eigenvalue weighted by Gasteiger charge is 2.33. The van der Waals surface area contributed by atoms with E-state index in [-0.39, 0.29) is 6.03 Å². The molecule has 5 heteroatoms. The average molecular weight is 258 g/mol. The fraction of sp³-hybridized carbons (Fsp3) is 0.846. The van der Waals surface area contributed by atoms with Crippen LogP contribution in [0.1, 0.15) is 41.0 Å². The molecule has 106 valence electrons. The summed E-state index contributed by atoms with van der Waals surface area (Å²) >= 11 is 0. The molecule has 18 heavy (non-hydrogen) atoms. The minimum absolute atomic E-state index is 0.335. The normalized spacial score (nSPS) is 13.3.